The number of amides is 1. The van der Waals surface area contributed by atoms with Gasteiger partial charge in [-0.05, 0) is 51.3 Å². The summed E-state index contributed by atoms with van der Waals surface area (Å²) in [4.78, 5) is 27.5. The Morgan fingerprint density at radius 3 is 2.69 bits per heavy atom. The molecular formula is C26H34FN5O3. The predicted octanol–water partition coefficient (Wildman–Crippen LogP) is 3.81. The van der Waals surface area contributed by atoms with Gasteiger partial charge in [-0.25, -0.2) is 19.2 Å². The Bertz CT molecular complexity index is 1050. The highest BCUT2D eigenvalue weighted by Crippen LogP contribution is 2.47. The molecule has 0 N–H and O–H groups in total. The number of nitrogens with zero attached hydrogens (tertiary/aromatic N) is 5. The van der Waals surface area contributed by atoms with E-state index in [1.807, 2.05) is 30.9 Å². The lowest BCUT2D eigenvalue weighted by Crippen LogP contribution is -2.58. The van der Waals surface area contributed by atoms with Crippen LogP contribution in [0.15, 0.2) is 30.6 Å². The molecule has 0 bridgehead atoms. The molecule has 2 aromatic heterocycles. The summed E-state index contributed by atoms with van der Waals surface area (Å²) < 4.78 is 25.1. The van der Waals surface area contributed by atoms with E-state index >= 15 is 0 Å². The highest BCUT2D eigenvalue weighted by atomic mass is 19.1. The van der Waals surface area contributed by atoms with Gasteiger partial charge in [0, 0.05) is 68.0 Å². The summed E-state index contributed by atoms with van der Waals surface area (Å²) in [5.41, 5.74) is 1.73. The summed E-state index contributed by atoms with van der Waals surface area (Å²) >= 11 is 0. The van der Waals surface area contributed by atoms with Gasteiger partial charge >= 0.3 is 6.09 Å². The van der Waals surface area contributed by atoms with E-state index in [1.54, 1.807) is 6.20 Å². The third kappa shape index (κ3) is 4.78. The Labute approximate surface area is 206 Å². The summed E-state index contributed by atoms with van der Waals surface area (Å²) in [7, 11) is 0. The highest BCUT2D eigenvalue weighted by molar-refractivity contribution is 5.79. The summed E-state index contributed by atoms with van der Waals surface area (Å²) in [6.07, 6.45) is 6.26. The maximum Gasteiger partial charge on any atom is 0.409 e. The van der Waals surface area contributed by atoms with Crippen molar-refractivity contribution < 1.29 is 18.7 Å². The molecule has 4 heterocycles. The molecule has 1 saturated carbocycles. The molecule has 1 atom stereocenters. The Kier molecular flexibility index (Phi) is 6.77. The first kappa shape index (κ1) is 23.8. The van der Waals surface area contributed by atoms with Crippen LogP contribution in [0.4, 0.5) is 15.0 Å². The Morgan fingerprint density at radius 2 is 1.94 bits per heavy atom. The monoisotopic (exact) mass is 483 g/mol. The smallest absolute Gasteiger partial charge is 0.409 e. The lowest BCUT2D eigenvalue weighted by molar-refractivity contribution is -0.00294. The Morgan fingerprint density at radius 1 is 1.14 bits per heavy atom. The number of likely N-dealkylation sites (tertiary alicyclic amines) is 1. The van der Waals surface area contributed by atoms with Crippen LogP contribution in [0.3, 0.4) is 0 Å². The molecule has 1 amide bonds. The Balaban J connectivity index is 1.23. The van der Waals surface area contributed by atoms with Gasteiger partial charge in [-0.3, -0.25) is 4.90 Å². The van der Waals surface area contributed by atoms with Crippen LogP contribution in [0, 0.1) is 11.2 Å². The summed E-state index contributed by atoms with van der Waals surface area (Å²) in [6.45, 7) is 9.83. The lowest BCUT2D eigenvalue weighted by Gasteiger charge is -2.48. The Hall–Kier alpha value is -2.94. The van der Waals surface area contributed by atoms with Gasteiger partial charge in [-0.15, -0.1) is 0 Å². The SMILES string of the molecule is CCOC(=O)N1CC2(CC[C@@H](N3CCN(c4ncc(F)cc4-c4cccnc4OCC)CC3)C2)C1. The molecule has 35 heavy (non-hydrogen) atoms. The molecule has 9 heteroatoms. The van der Waals surface area contributed by atoms with Crippen molar-refractivity contribution in [2.45, 2.75) is 39.2 Å². The molecule has 0 aromatic carbocycles. The zero-order valence-corrected chi connectivity index (χ0v) is 20.6. The molecule has 3 fully saturated rings. The fourth-order valence-electron chi connectivity index (χ4n) is 5.91. The van der Waals surface area contributed by atoms with Gasteiger partial charge in [0.2, 0.25) is 5.88 Å². The molecule has 5 rings (SSSR count). The molecule has 0 radical (unpaired) electrons. The van der Waals surface area contributed by atoms with Crippen LogP contribution in [0.25, 0.3) is 11.1 Å². The van der Waals surface area contributed by atoms with Crippen molar-refractivity contribution in [2.75, 3.05) is 57.4 Å². The number of carbonyl (C=O) groups excluding carboxylic acids is 1. The molecule has 2 saturated heterocycles. The quantitative estimate of drug-likeness (QED) is 0.619. The van der Waals surface area contributed by atoms with E-state index in [1.165, 1.54) is 25.1 Å². The van der Waals surface area contributed by atoms with Crippen molar-refractivity contribution in [2.24, 2.45) is 5.41 Å². The second-order valence-electron chi connectivity index (χ2n) is 9.79. The van der Waals surface area contributed by atoms with Crippen LogP contribution < -0.4 is 9.64 Å². The number of pyridine rings is 2. The summed E-state index contributed by atoms with van der Waals surface area (Å²) in [6, 6.07) is 5.82. The average molecular weight is 484 g/mol. The van der Waals surface area contributed by atoms with Gasteiger partial charge in [0.05, 0.1) is 19.4 Å². The van der Waals surface area contributed by atoms with E-state index in [2.05, 4.69) is 19.8 Å². The minimum absolute atomic E-state index is 0.182. The molecule has 1 spiro atoms. The second-order valence-corrected chi connectivity index (χ2v) is 9.79. The van der Waals surface area contributed by atoms with Crippen molar-refractivity contribution in [3.05, 3.63) is 36.4 Å². The molecule has 2 aromatic rings. The van der Waals surface area contributed by atoms with Crippen molar-refractivity contribution in [3.63, 3.8) is 0 Å². The predicted molar refractivity (Wildman–Crippen MR) is 131 cm³/mol. The molecule has 2 aliphatic heterocycles. The molecule has 1 aliphatic carbocycles. The maximum absolute atomic E-state index is 14.2. The third-order valence-corrected chi connectivity index (χ3v) is 7.56. The van der Waals surface area contributed by atoms with Crippen LogP contribution >= 0.6 is 0 Å². The van der Waals surface area contributed by atoms with Crippen LogP contribution in [0.5, 0.6) is 5.88 Å². The topological polar surface area (TPSA) is 71.0 Å². The van der Waals surface area contributed by atoms with Crippen molar-refractivity contribution >= 4 is 11.9 Å². The van der Waals surface area contributed by atoms with E-state index in [4.69, 9.17) is 9.47 Å². The van der Waals surface area contributed by atoms with Crippen LogP contribution in [0.2, 0.25) is 0 Å². The van der Waals surface area contributed by atoms with Gasteiger partial charge in [0.25, 0.3) is 0 Å². The van der Waals surface area contributed by atoms with Crippen LogP contribution in [-0.2, 0) is 4.74 Å². The van der Waals surface area contributed by atoms with Gasteiger partial charge < -0.3 is 19.3 Å². The van der Waals surface area contributed by atoms with Crippen molar-refractivity contribution in [1.82, 2.24) is 19.8 Å². The van der Waals surface area contributed by atoms with Gasteiger partial charge in [0.1, 0.15) is 11.6 Å². The van der Waals surface area contributed by atoms with Crippen LogP contribution in [-0.4, -0.2) is 84.4 Å². The number of rotatable bonds is 6. The summed E-state index contributed by atoms with van der Waals surface area (Å²) in [5, 5.41) is 0. The van der Waals surface area contributed by atoms with Gasteiger partial charge in [-0.2, -0.15) is 0 Å². The van der Waals surface area contributed by atoms with Crippen molar-refractivity contribution in [3.8, 4) is 17.0 Å². The van der Waals surface area contributed by atoms with E-state index in [0.717, 1.165) is 57.1 Å². The molecule has 188 valence electrons. The number of ether oxygens (including phenoxy) is 2. The first-order valence-corrected chi connectivity index (χ1v) is 12.7. The molecular weight excluding hydrogens is 449 g/mol. The number of anilines is 1. The largest absolute Gasteiger partial charge is 0.478 e. The fraction of sp³-hybridized carbons (Fsp3) is 0.577. The number of aromatic nitrogens is 2. The fourth-order valence-corrected chi connectivity index (χ4v) is 5.91. The number of carbonyl (C=O) groups is 1. The number of hydrogen-bond acceptors (Lipinski definition) is 7. The standard InChI is InChI=1S/C26H34FN5O3/c1-3-34-24-21(6-5-9-28-24)22-14-19(27)16-29-23(22)31-12-10-30(11-13-31)20-7-8-26(15-20)17-32(18-26)25(33)35-4-2/h5-6,9,14,16,20H,3-4,7-8,10-13,15,17-18H2,1-2H3/t20-/m1/s1. The highest BCUT2D eigenvalue weighted by Gasteiger charge is 2.51. The van der Waals surface area contributed by atoms with E-state index < -0.39 is 0 Å². The van der Waals surface area contributed by atoms with Gasteiger partial charge in [-0.1, -0.05) is 0 Å². The van der Waals surface area contributed by atoms with E-state index in [-0.39, 0.29) is 17.3 Å². The number of hydrogen-bond donors (Lipinski definition) is 0. The van der Waals surface area contributed by atoms with Crippen molar-refractivity contribution in [1.29, 1.82) is 0 Å². The first-order chi connectivity index (χ1) is 17.0. The molecule has 8 nitrogen and oxygen atoms in total. The number of piperazine rings is 1. The summed E-state index contributed by atoms with van der Waals surface area (Å²) in [5.74, 6) is 0.894. The minimum atomic E-state index is -0.373. The second kappa shape index (κ2) is 9.97. The maximum atomic E-state index is 14.2. The zero-order valence-electron chi connectivity index (χ0n) is 20.6. The number of halogens is 1. The van der Waals surface area contributed by atoms with Crippen LogP contribution in [0.1, 0.15) is 33.1 Å². The zero-order chi connectivity index (χ0) is 24.4. The first-order valence-electron chi connectivity index (χ1n) is 12.7. The minimum Gasteiger partial charge on any atom is -0.478 e. The van der Waals surface area contributed by atoms with E-state index in [9.17, 15) is 9.18 Å². The third-order valence-electron chi connectivity index (χ3n) is 7.56. The molecule has 0 unspecified atom stereocenters. The average Bonchev–Trinajstić information content (AvgIpc) is 3.30. The molecule has 3 aliphatic rings. The van der Waals surface area contributed by atoms with Gasteiger partial charge in [0.15, 0.2) is 0 Å². The normalized spacial score (nSPS) is 21.7. The van der Waals surface area contributed by atoms with E-state index in [0.29, 0.717) is 30.7 Å². The lowest BCUT2D eigenvalue weighted by atomic mass is 9.78.